The topological polar surface area (TPSA) is 15.3 Å². The minimum absolute atomic E-state index is 0.530. The van der Waals surface area contributed by atoms with E-state index in [1.165, 1.54) is 52.0 Å². The molecule has 0 amide bonds. The fraction of sp³-hybridized carbons (Fsp3) is 1.00. The minimum atomic E-state index is 0.530. The Balaban J connectivity index is 2.13. The first-order valence-electron chi connectivity index (χ1n) is 6.93. The first kappa shape index (κ1) is 14.0. The lowest BCUT2D eigenvalue weighted by atomic mass is 9.80. The Kier molecular flexibility index (Phi) is 5.77. The van der Waals surface area contributed by atoms with Crippen molar-refractivity contribution >= 4 is 0 Å². The molecule has 1 aliphatic heterocycles. The number of piperazine rings is 1. The zero-order valence-electron chi connectivity index (χ0n) is 11.7. The van der Waals surface area contributed by atoms with Crippen LogP contribution in [0, 0.1) is 11.3 Å². The Morgan fingerprint density at radius 2 is 1.81 bits per heavy atom. The maximum Gasteiger partial charge on any atom is 0.0107 e. The second-order valence-corrected chi connectivity index (χ2v) is 6.46. The van der Waals surface area contributed by atoms with E-state index >= 15 is 0 Å². The highest BCUT2D eigenvalue weighted by atomic mass is 15.2. The van der Waals surface area contributed by atoms with E-state index in [1.807, 2.05) is 0 Å². The summed E-state index contributed by atoms with van der Waals surface area (Å²) >= 11 is 0. The van der Waals surface area contributed by atoms with Gasteiger partial charge in [-0.05, 0) is 37.1 Å². The van der Waals surface area contributed by atoms with Gasteiger partial charge in [-0.2, -0.15) is 0 Å². The van der Waals surface area contributed by atoms with Crippen molar-refractivity contribution in [3.63, 3.8) is 0 Å². The molecule has 2 heteroatoms. The zero-order valence-corrected chi connectivity index (χ0v) is 11.7. The zero-order chi connectivity index (χ0) is 12.0. The molecule has 96 valence electrons. The molecule has 16 heavy (non-hydrogen) atoms. The number of hydrogen-bond donors (Lipinski definition) is 1. The maximum atomic E-state index is 3.41. The highest BCUT2D eigenvalue weighted by Gasteiger charge is 2.19. The van der Waals surface area contributed by atoms with Gasteiger partial charge in [0, 0.05) is 26.2 Å². The summed E-state index contributed by atoms with van der Waals surface area (Å²) in [5.41, 5.74) is 0.530. The molecule has 1 aliphatic rings. The lowest BCUT2D eigenvalue weighted by Gasteiger charge is -2.30. The molecule has 0 atom stereocenters. The van der Waals surface area contributed by atoms with Crippen LogP contribution in [0.5, 0.6) is 0 Å². The van der Waals surface area contributed by atoms with Gasteiger partial charge in [-0.15, -0.1) is 0 Å². The van der Waals surface area contributed by atoms with Gasteiger partial charge in [0.15, 0.2) is 0 Å². The Bertz CT molecular complexity index is 181. The normalized spacial score (nSPS) is 19.3. The van der Waals surface area contributed by atoms with Crippen LogP contribution < -0.4 is 5.32 Å². The van der Waals surface area contributed by atoms with E-state index in [1.54, 1.807) is 0 Å². The smallest absolute Gasteiger partial charge is 0.0107 e. The average Bonchev–Trinajstić information content (AvgIpc) is 2.16. The number of nitrogens with one attached hydrogen (secondary N) is 1. The van der Waals surface area contributed by atoms with Crippen molar-refractivity contribution in [3.8, 4) is 0 Å². The van der Waals surface area contributed by atoms with Crippen molar-refractivity contribution in [3.05, 3.63) is 0 Å². The quantitative estimate of drug-likeness (QED) is 0.749. The number of rotatable bonds is 6. The van der Waals surface area contributed by atoms with Crippen LogP contribution in [0.1, 0.15) is 47.0 Å². The maximum absolute atomic E-state index is 3.41. The lowest BCUT2D eigenvalue weighted by molar-refractivity contribution is 0.205. The molecule has 1 fully saturated rings. The standard InChI is InChI=1S/C14H30N2/c1-13(2)12-14(3,4)6-5-9-16-10-7-15-8-11-16/h13,15H,5-12H2,1-4H3. The second-order valence-electron chi connectivity index (χ2n) is 6.46. The third kappa shape index (κ3) is 5.86. The predicted molar refractivity (Wildman–Crippen MR) is 71.8 cm³/mol. The Morgan fingerprint density at radius 3 is 2.38 bits per heavy atom. The van der Waals surface area contributed by atoms with Crippen LogP contribution in [-0.4, -0.2) is 37.6 Å². The summed E-state index contributed by atoms with van der Waals surface area (Å²) < 4.78 is 0. The molecule has 1 N–H and O–H groups in total. The Hall–Kier alpha value is -0.0800. The van der Waals surface area contributed by atoms with E-state index in [2.05, 4.69) is 37.9 Å². The van der Waals surface area contributed by atoms with E-state index < -0.39 is 0 Å². The molecule has 0 radical (unpaired) electrons. The first-order valence-corrected chi connectivity index (χ1v) is 6.93. The number of hydrogen-bond acceptors (Lipinski definition) is 2. The molecule has 2 nitrogen and oxygen atoms in total. The Labute approximate surface area is 102 Å². The summed E-state index contributed by atoms with van der Waals surface area (Å²) in [7, 11) is 0. The molecule has 0 unspecified atom stereocenters. The molecule has 0 saturated carbocycles. The monoisotopic (exact) mass is 226 g/mol. The van der Waals surface area contributed by atoms with E-state index in [9.17, 15) is 0 Å². The minimum Gasteiger partial charge on any atom is -0.314 e. The molecule has 0 spiro atoms. The third-order valence-electron chi connectivity index (χ3n) is 3.50. The molecule has 1 rings (SSSR count). The van der Waals surface area contributed by atoms with Gasteiger partial charge in [-0.1, -0.05) is 27.7 Å². The Morgan fingerprint density at radius 1 is 1.19 bits per heavy atom. The van der Waals surface area contributed by atoms with E-state index in [0.717, 1.165) is 5.92 Å². The lowest BCUT2D eigenvalue weighted by Crippen LogP contribution is -2.43. The van der Waals surface area contributed by atoms with E-state index in [-0.39, 0.29) is 0 Å². The highest BCUT2D eigenvalue weighted by molar-refractivity contribution is 4.73. The van der Waals surface area contributed by atoms with Crippen LogP contribution in [-0.2, 0) is 0 Å². The van der Waals surface area contributed by atoms with Crippen molar-refractivity contribution < 1.29 is 0 Å². The van der Waals surface area contributed by atoms with Gasteiger partial charge in [0.25, 0.3) is 0 Å². The van der Waals surface area contributed by atoms with Crippen molar-refractivity contribution in [2.24, 2.45) is 11.3 Å². The van der Waals surface area contributed by atoms with Crippen molar-refractivity contribution in [2.75, 3.05) is 32.7 Å². The summed E-state index contributed by atoms with van der Waals surface area (Å²) in [6.45, 7) is 15.6. The highest BCUT2D eigenvalue weighted by Crippen LogP contribution is 2.30. The van der Waals surface area contributed by atoms with Crippen LogP contribution in [0.25, 0.3) is 0 Å². The van der Waals surface area contributed by atoms with Gasteiger partial charge in [-0.3, -0.25) is 0 Å². The largest absolute Gasteiger partial charge is 0.314 e. The van der Waals surface area contributed by atoms with E-state index in [0.29, 0.717) is 5.41 Å². The van der Waals surface area contributed by atoms with E-state index in [4.69, 9.17) is 0 Å². The molecule has 0 aromatic rings. The van der Waals surface area contributed by atoms with Crippen molar-refractivity contribution in [1.82, 2.24) is 10.2 Å². The van der Waals surface area contributed by atoms with Gasteiger partial charge in [0.05, 0.1) is 0 Å². The fourth-order valence-electron chi connectivity index (χ4n) is 2.92. The average molecular weight is 226 g/mol. The predicted octanol–water partition coefficient (Wildman–Crippen LogP) is 2.74. The van der Waals surface area contributed by atoms with Gasteiger partial charge in [0.1, 0.15) is 0 Å². The second kappa shape index (κ2) is 6.61. The molecular weight excluding hydrogens is 196 g/mol. The van der Waals surface area contributed by atoms with Gasteiger partial charge in [0.2, 0.25) is 0 Å². The molecule has 0 bridgehead atoms. The van der Waals surface area contributed by atoms with Crippen LogP contribution >= 0.6 is 0 Å². The molecule has 0 aromatic carbocycles. The van der Waals surface area contributed by atoms with Crippen molar-refractivity contribution in [2.45, 2.75) is 47.0 Å². The molecule has 1 heterocycles. The molecule has 0 aliphatic carbocycles. The van der Waals surface area contributed by atoms with Crippen LogP contribution in [0.4, 0.5) is 0 Å². The molecular formula is C14H30N2. The number of nitrogens with zero attached hydrogens (tertiary/aromatic N) is 1. The summed E-state index contributed by atoms with van der Waals surface area (Å²) in [4.78, 5) is 2.60. The molecule has 0 aromatic heterocycles. The first-order chi connectivity index (χ1) is 7.49. The summed E-state index contributed by atoms with van der Waals surface area (Å²) in [5, 5.41) is 3.41. The SMILES string of the molecule is CC(C)CC(C)(C)CCCN1CCNCC1. The van der Waals surface area contributed by atoms with Crippen molar-refractivity contribution in [1.29, 1.82) is 0 Å². The van der Waals surface area contributed by atoms with Gasteiger partial charge < -0.3 is 10.2 Å². The van der Waals surface area contributed by atoms with Crippen LogP contribution in [0.3, 0.4) is 0 Å². The molecule has 1 saturated heterocycles. The summed E-state index contributed by atoms with van der Waals surface area (Å²) in [5.74, 6) is 0.828. The van der Waals surface area contributed by atoms with Gasteiger partial charge in [-0.25, -0.2) is 0 Å². The van der Waals surface area contributed by atoms with Crippen LogP contribution in [0.2, 0.25) is 0 Å². The fourth-order valence-corrected chi connectivity index (χ4v) is 2.92. The summed E-state index contributed by atoms with van der Waals surface area (Å²) in [6.07, 6.45) is 4.09. The van der Waals surface area contributed by atoms with Crippen LogP contribution in [0.15, 0.2) is 0 Å². The summed E-state index contributed by atoms with van der Waals surface area (Å²) in [6, 6.07) is 0. The third-order valence-corrected chi connectivity index (χ3v) is 3.50. The van der Waals surface area contributed by atoms with Gasteiger partial charge >= 0.3 is 0 Å².